The van der Waals surface area contributed by atoms with Gasteiger partial charge in [-0.3, -0.25) is 4.79 Å². The Morgan fingerprint density at radius 3 is 2.28 bits per heavy atom. The number of fused-ring (bicyclic) bond motifs is 1. The summed E-state index contributed by atoms with van der Waals surface area (Å²) >= 11 is 5.96. The first-order valence-corrected chi connectivity index (χ1v) is 8.42. The number of ketones is 1. The fourth-order valence-corrected chi connectivity index (χ4v) is 3.10. The van der Waals surface area contributed by atoms with Crippen molar-refractivity contribution in [3.05, 3.63) is 106 Å². The predicted molar refractivity (Wildman–Crippen MR) is 100 cm³/mol. The molecule has 0 radical (unpaired) electrons. The summed E-state index contributed by atoms with van der Waals surface area (Å²) in [5.41, 5.74) is 3.07. The largest absolute Gasteiger partial charge is 0.480 e. The summed E-state index contributed by atoms with van der Waals surface area (Å²) < 4.78 is 6.18. The van der Waals surface area contributed by atoms with Crippen molar-refractivity contribution in [1.82, 2.24) is 0 Å². The molecule has 3 aromatic carbocycles. The second-order valence-electron chi connectivity index (χ2n) is 5.89. The maximum absolute atomic E-state index is 13.1. The molecule has 0 fully saturated rings. The van der Waals surface area contributed by atoms with E-state index in [1.807, 2.05) is 78.9 Å². The topological polar surface area (TPSA) is 26.3 Å². The van der Waals surface area contributed by atoms with Gasteiger partial charge in [-0.15, -0.1) is 0 Å². The molecule has 0 aromatic heterocycles. The molecule has 0 saturated heterocycles. The first-order valence-electron chi connectivity index (χ1n) is 8.05. The number of hydrogen-bond acceptors (Lipinski definition) is 2. The third kappa shape index (κ3) is 3.09. The molecule has 4 rings (SSSR count). The Morgan fingerprint density at radius 2 is 1.52 bits per heavy atom. The number of halogens is 1. The first kappa shape index (κ1) is 15.7. The summed E-state index contributed by atoms with van der Waals surface area (Å²) in [6.07, 6.45) is 1.45. The van der Waals surface area contributed by atoms with Gasteiger partial charge in [0.05, 0.1) is 5.56 Å². The average Bonchev–Trinajstić information content (AvgIpc) is 2.66. The number of carbonyl (C=O) groups excluding carboxylic acids is 1. The summed E-state index contributed by atoms with van der Waals surface area (Å²) in [5.74, 6) is 0.611. The van der Waals surface area contributed by atoms with E-state index in [2.05, 4.69) is 0 Å². The standard InChI is InChI=1S/C22H15ClO2/c23-17-12-10-15(11-13-17)14-19-21(24)18-8-4-5-9-20(18)25-22(19)16-6-2-1-3-7-16/h1-14,22H/b19-14+. The van der Waals surface area contributed by atoms with E-state index >= 15 is 0 Å². The van der Waals surface area contributed by atoms with Gasteiger partial charge in [-0.1, -0.05) is 66.2 Å². The first-order chi connectivity index (χ1) is 12.2. The molecule has 0 aliphatic carbocycles. The third-order valence-electron chi connectivity index (χ3n) is 4.22. The van der Waals surface area contributed by atoms with Crippen LogP contribution in [0.2, 0.25) is 5.02 Å². The van der Waals surface area contributed by atoms with Gasteiger partial charge >= 0.3 is 0 Å². The third-order valence-corrected chi connectivity index (χ3v) is 4.47. The molecule has 122 valence electrons. The van der Waals surface area contributed by atoms with Crippen LogP contribution in [0, 0.1) is 0 Å². The Kier molecular flexibility index (Phi) is 4.12. The van der Waals surface area contributed by atoms with E-state index in [4.69, 9.17) is 16.3 Å². The number of benzene rings is 3. The van der Waals surface area contributed by atoms with Crippen molar-refractivity contribution < 1.29 is 9.53 Å². The maximum Gasteiger partial charge on any atom is 0.196 e. The van der Waals surface area contributed by atoms with Crippen LogP contribution in [0.15, 0.2) is 84.4 Å². The van der Waals surface area contributed by atoms with Crippen molar-refractivity contribution in [2.24, 2.45) is 0 Å². The van der Waals surface area contributed by atoms with Crippen molar-refractivity contribution in [3.8, 4) is 5.75 Å². The highest BCUT2D eigenvalue weighted by Gasteiger charge is 2.32. The van der Waals surface area contributed by atoms with Crippen LogP contribution in [0.5, 0.6) is 5.75 Å². The molecule has 0 spiro atoms. The summed E-state index contributed by atoms with van der Waals surface area (Å²) in [6.45, 7) is 0. The van der Waals surface area contributed by atoms with Crippen molar-refractivity contribution in [2.45, 2.75) is 6.10 Å². The normalized spacial score (nSPS) is 17.9. The molecule has 1 heterocycles. The smallest absolute Gasteiger partial charge is 0.196 e. The quantitative estimate of drug-likeness (QED) is 0.553. The summed E-state index contributed by atoms with van der Waals surface area (Å²) in [4.78, 5) is 13.1. The Balaban J connectivity index is 1.85. The summed E-state index contributed by atoms with van der Waals surface area (Å²) in [7, 11) is 0. The lowest BCUT2D eigenvalue weighted by atomic mass is 9.89. The Labute approximate surface area is 151 Å². The molecule has 0 saturated carbocycles. The molecule has 1 aliphatic heterocycles. The molecule has 2 nitrogen and oxygen atoms in total. The highest BCUT2D eigenvalue weighted by molar-refractivity contribution is 6.30. The molecular weight excluding hydrogens is 332 g/mol. The zero-order chi connectivity index (χ0) is 17.2. The van der Waals surface area contributed by atoms with Crippen molar-refractivity contribution in [1.29, 1.82) is 0 Å². The Bertz CT molecular complexity index is 943. The highest BCUT2D eigenvalue weighted by Crippen LogP contribution is 2.39. The van der Waals surface area contributed by atoms with Gasteiger partial charge in [0.2, 0.25) is 0 Å². The van der Waals surface area contributed by atoms with Gasteiger partial charge < -0.3 is 4.74 Å². The number of Topliss-reactive ketones (excluding diaryl/α,β-unsaturated/α-hetero) is 1. The Morgan fingerprint density at radius 1 is 0.840 bits per heavy atom. The minimum Gasteiger partial charge on any atom is -0.480 e. The van der Waals surface area contributed by atoms with Gasteiger partial charge in [0.15, 0.2) is 11.9 Å². The second-order valence-corrected chi connectivity index (χ2v) is 6.32. The van der Waals surface area contributed by atoms with Crippen LogP contribution in [-0.4, -0.2) is 5.78 Å². The van der Waals surface area contributed by atoms with Crippen LogP contribution >= 0.6 is 11.6 Å². The lowest BCUT2D eigenvalue weighted by Gasteiger charge is -2.28. The number of hydrogen-bond donors (Lipinski definition) is 0. The van der Waals surface area contributed by atoms with Crippen molar-refractivity contribution in [3.63, 3.8) is 0 Å². The zero-order valence-corrected chi connectivity index (χ0v) is 14.1. The van der Waals surface area contributed by atoms with Crippen LogP contribution in [0.3, 0.4) is 0 Å². The van der Waals surface area contributed by atoms with E-state index < -0.39 is 6.10 Å². The molecule has 0 bridgehead atoms. The van der Waals surface area contributed by atoms with E-state index in [1.165, 1.54) is 0 Å². The van der Waals surface area contributed by atoms with Gasteiger partial charge in [-0.05, 0) is 41.5 Å². The minimum absolute atomic E-state index is 0.00865. The fraction of sp³-hybridized carbons (Fsp3) is 0.0455. The van der Waals surface area contributed by atoms with Crippen LogP contribution in [0.1, 0.15) is 27.6 Å². The molecular formula is C22H15ClO2. The zero-order valence-electron chi connectivity index (χ0n) is 13.4. The average molecular weight is 347 g/mol. The second kappa shape index (κ2) is 6.58. The van der Waals surface area contributed by atoms with E-state index in [0.717, 1.165) is 11.1 Å². The molecule has 3 aromatic rings. The van der Waals surface area contributed by atoms with Crippen LogP contribution < -0.4 is 4.74 Å². The maximum atomic E-state index is 13.1. The number of ether oxygens (including phenoxy) is 1. The number of carbonyl (C=O) groups is 1. The number of para-hydroxylation sites is 1. The molecule has 0 amide bonds. The molecule has 3 heteroatoms. The Hall–Kier alpha value is -2.84. The monoisotopic (exact) mass is 346 g/mol. The van der Waals surface area contributed by atoms with E-state index in [9.17, 15) is 4.79 Å². The van der Waals surface area contributed by atoms with Gasteiger partial charge in [0, 0.05) is 10.6 Å². The highest BCUT2D eigenvalue weighted by atomic mass is 35.5. The van der Waals surface area contributed by atoms with Gasteiger partial charge in [0.1, 0.15) is 5.75 Å². The summed E-state index contributed by atoms with van der Waals surface area (Å²) in [6, 6.07) is 24.6. The predicted octanol–water partition coefficient (Wildman–Crippen LogP) is 5.74. The van der Waals surface area contributed by atoms with Gasteiger partial charge in [-0.25, -0.2) is 0 Å². The van der Waals surface area contributed by atoms with E-state index in [1.54, 1.807) is 6.07 Å². The van der Waals surface area contributed by atoms with Crippen LogP contribution in [0.25, 0.3) is 6.08 Å². The van der Waals surface area contributed by atoms with E-state index in [-0.39, 0.29) is 5.78 Å². The molecule has 1 aliphatic rings. The molecule has 1 unspecified atom stereocenters. The summed E-state index contributed by atoms with van der Waals surface area (Å²) in [5, 5.41) is 0.665. The van der Waals surface area contributed by atoms with E-state index in [0.29, 0.717) is 21.9 Å². The SMILES string of the molecule is O=C1/C(=C\c2ccc(Cl)cc2)C(c2ccccc2)Oc2ccccc21. The molecule has 25 heavy (non-hydrogen) atoms. The van der Waals surface area contributed by atoms with Crippen molar-refractivity contribution >= 4 is 23.5 Å². The lowest BCUT2D eigenvalue weighted by Crippen LogP contribution is -2.23. The van der Waals surface area contributed by atoms with Crippen LogP contribution in [-0.2, 0) is 0 Å². The molecule has 1 atom stereocenters. The van der Waals surface area contributed by atoms with Crippen molar-refractivity contribution in [2.75, 3.05) is 0 Å². The lowest BCUT2D eigenvalue weighted by molar-refractivity contribution is 0.0963. The minimum atomic E-state index is -0.431. The molecule has 0 N–H and O–H groups in total. The van der Waals surface area contributed by atoms with Gasteiger partial charge in [0.25, 0.3) is 0 Å². The van der Waals surface area contributed by atoms with Crippen LogP contribution in [0.4, 0.5) is 0 Å². The van der Waals surface area contributed by atoms with Gasteiger partial charge in [-0.2, -0.15) is 0 Å². The number of rotatable bonds is 2. The fourth-order valence-electron chi connectivity index (χ4n) is 2.98.